The number of alkyl halides is 3. The molecule has 232 valence electrons. The van der Waals surface area contributed by atoms with Crippen molar-refractivity contribution < 1.29 is 23.1 Å². The molecular weight excluding hydrogens is 571 g/mol. The van der Waals surface area contributed by atoms with E-state index in [1.54, 1.807) is 6.20 Å². The number of nitrogens with zero attached hydrogens (tertiary/aromatic N) is 6. The second-order valence-electron chi connectivity index (χ2n) is 11.9. The van der Waals surface area contributed by atoms with E-state index in [2.05, 4.69) is 32.1 Å². The van der Waals surface area contributed by atoms with Gasteiger partial charge in [0.1, 0.15) is 5.52 Å². The summed E-state index contributed by atoms with van der Waals surface area (Å²) in [5, 5.41) is 13.2. The van der Waals surface area contributed by atoms with E-state index in [4.69, 9.17) is 4.98 Å². The molecule has 3 aromatic heterocycles. The molecule has 1 saturated heterocycles. The van der Waals surface area contributed by atoms with Gasteiger partial charge >= 0.3 is 12.1 Å². The molecule has 1 aliphatic heterocycles. The number of benzene rings is 1. The number of halogens is 3. The second kappa shape index (κ2) is 12.4. The van der Waals surface area contributed by atoms with E-state index < -0.39 is 17.7 Å². The highest BCUT2D eigenvalue weighted by atomic mass is 19.4. The molecule has 1 unspecified atom stereocenters. The topological polar surface area (TPSA) is 109 Å². The predicted molar refractivity (Wildman–Crippen MR) is 161 cm³/mol. The van der Waals surface area contributed by atoms with Crippen LogP contribution in [0.1, 0.15) is 85.4 Å². The molecule has 0 amide bonds. The SMILES string of the molecule is C[C@H](CCNc1nc(C(=O)O)nc2nc(N3CCCCC3c3ccccn3)n(Cc3ccc(C(F)(F)F)cc3)c12)C1CCC1. The van der Waals surface area contributed by atoms with Crippen molar-refractivity contribution in [2.45, 2.75) is 70.6 Å². The van der Waals surface area contributed by atoms with E-state index in [9.17, 15) is 23.1 Å². The average Bonchev–Trinajstić information content (AvgIpc) is 3.34. The van der Waals surface area contributed by atoms with Gasteiger partial charge in [-0.3, -0.25) is 4.98 Å². The third-order valence-corrected chi connectivity index (χ3v) is 9.03. The number of nitrogens with one attached hydrogen (secondary N) is 1. The molecule has 0 spiro atoms. The number of anilines is 2. The van der Waals surface area contributed by atoms with E-state index in [-0.39, 0.29) is 24.1 Å². The standard InChI is InChI=1S/C32H36F3N7O2/c1-20(22-7-6-8-22)15-17-37-27-26-28(39-29(38-27)30(43)44)40-31(41-18-5-3-10-25(41)24-9-2-4-16-36-24)42(26)19-21-11-13-23(14-12-21)32(33,34)35/h2,4,9,11-14,16,20,22,25H,3,5-8,10,15,17-19H2,1H3,(H,43,44)(H,37,38,39)/t20-,25?/m1/s1. The molecule has 9 nitrogen and oxygen atoms in total. The molecule has 0 bridgehead atoms. The lowest BCUT2D eigenvalue weighted by atomic mass is 9.75. The third-order valence-electron chi connectivity index (χ3n) is 9.03. The van der Waals surface area contributed by atoms with Crippen molar-refractivity contribution in [2.75, 3.05) is 23.3 Å². The number of aromatic carboxylic acids is 1. The Morgan fingerprint density at radius 1 is 1.05 bits per heavy atom. The van der Waals surface area contributed by atoms with Gasteiger partial charge in [-0.05, 0) is 67.3 Å². The normalized spacial score (nSPS) is 18.3. The number of carbonyl (C=O) groups is 1. The molecule has 2 N–H and O–H groups in total. The molecule has 12 heteroatoms. The van der Waals surface area contributed by atoms with E-state index in [0.717, 1.165) is 43.5 Å². The zero-order chi connectivity index (χ0) is 30.8. The summed E-state index contributed by atoms with van der Waals surface area (Å²) >= 11 is 0. The van der Waals surface area contributed by atoms with Gasteiger partial charge in [0.15, 0.2) is 11.5 Å². The fourth-order valence-corrected chi connectivity index (χ4v) is 6.31. The number of aromatic nitrogens is 5. The first-order valence-electron chi connectivity index (χ1n) is 15.3. The van der Waals surface area contributed by atoms with Crippen LogP contribution in [0.2, 0.25) is 0 Å². The minimum absolute atomic E-state index is 0.0836. The molecule has 1 saturated carbocycles. The highest BCUT2D eigenvalue weighted by molar-refractivity contribution is 5.91. The molecule has 4 heterocycles. The maximum Gasteiger partial charge on any atom is 0.416 e. The maximum absolute atomic E-state index is 13.3. The average molecular weight is 608 g/mol. The largest absolute Gasteiger partial charge is 0.475 e. The number of carboxylic acid groups (broad SMARTS) is 1. The Kier molecular flexibility index (Phi) is 8.42. The van der Waals surface area contributed by atoms with E-state index in [0.29, 0.717) is 47.8 Å². The number of rotatable bonds is 10. The van der Waals surface area contributed by atoms with Crippen LogP contribution in [-0.4, -0.2) is 48.7 Å². The van der Waals surface area contributed by atoms with Crippen molar-refractivity contribution >= 4 is 28.9 Å². The Balaban J connectivity index is 1.44. The molecule has 6 rings (SSSR count). The predicted octanol–water partition coefficient (Wildman–Crippen LogP) is 6.96. The van der Waals surface area contributed by atoms with Gasteiger partial charge in [-0.2, -0.15) is 18.2 Å². The van der Waals surface area contributed by atoms with Gasteiger partial charge in [-0.15, -0.1) is 0 Å². The van der Waals surface area contributed by atoms with Gasteiger partial charge in [0, 0.05) is 19.3 Å². The number of carboxylic acids is 1. The number of piperidine rings is 1. The van der Waals surface area contributed by atoms with Gasteiger partial charge in [0.2, 0.25) is 11.8 Å². The van der Waals surface area contributed by atoms with Crippen LogP contribution in [0.15, 0.2) is 48.7 Å². The Morgan fingerprint density at radius 3 is 2.50 bits per heavy atom. The van der Waals surface area contributed by atoms with Crippen molar-refractivity contribution in [1.82, 2.24) is 24.5 Å². The third kappa shape index (κ3) is 6.20. The van der Waals surface area contributed by atoms with Crippen LogP contribution in [0, 0.1) is 11.8 Å². The fourth-order valence-electron chi connectivity index (χ4n) is 6.31. The Hall–Kier alpha value is -4.22. The molecule has 44 heavy (non-hydrogen) atoms. The van der Waals surface area contributed by atoms with Crippen LogP contribution in [0.3, 0.4) is 0 Å². The number of fused-ring (bicyclic) bond motifs is 1. The van der Waals surface area contributed by atoms with Crippen molar-refractivity contribution in [3.8, 4) is 0 Å². The summed E-state index contributed by atoms with van der Waals surface area (Å²) in [5.74, 6) is 0.505. The van der Waals surface area contributed by atoms with Gasteiger partial charge in [0.25, 0.3) is 0 Å². The minimum atomic E-state index is -4.44. The van der Waals surface area contributed by atoms with Crippen LogP contribution in [-0.2, 0) is 12.7 Å². The van der Waals surface area contributed by atoms with E-state index in [1.807, 2.05) is 22.8 Å². The number of hydrogen-bond acceptors (Lipinski definition) is 7. The molecular formula is C32H36F3N7O2. The highest BCUT2D eigenvalue weighted by Gasteiger charge is 2.32. The number of hydrogen-bond donors (Lipinski definition) is 2. The van der Waals surface area contributed by atoms with E-state index >= 15 is 0 Å². The molecule has 1 aliphatic carbocycles. The monoisotopic (exact) mass is 607 g/mol. The summed E-state index contributed by atoms with van der Waals surface area (Å²) in [5.41, 5.74) is 1.55. The van der Waals surface area contributed by atoms with Crippen LogP contribution in [0.25, 0.3) is 11.2 Å². The van der Waals surface area contributed by atoms with Crippen LogP contribution in [0.4, 0.5) is 24.9 Å². The lowest BCUT2D eigenvalue weighted by Crippen LogP contribution is -2.36. The summed E-state index contributed by atoms with van der Waals surface area (Å²) < 4.78 is 41.9. The first kappa shape index (κ1) is 29.8. The molecule has 2 fully saturated rings. The zero-order valence-electron chi connectivity index (χ0n) is 24.6. The lowest BCUT2D eigenvalue weighted by molar-refractivity contribution is -0.137. The maximum atomic E-state index is 13.3. The number of pyridine rings is 1. The zero-order valence-corrected chi connectivity index (χ0v) is 24.6. The Morgan fingerprint density at radius 2 is 1.84 bits per heavy atom. The summed E-state index contributed by atoms with van der Waals surface area (Å²) in [6.07, 6.45) is 4.71. The number of imidazole rings is 1. The molecule has 4 aromatic rings. The Bertz CT molecular complexity index is 1600. The van der Waals surface area contributed by atoms with Crippen molar-refractivity contribution in [2.24, 2.45) is 11.8 Å². The summed E-state index contributed by atoms with van der Waals surface area (Å²) in [6, 6.07) is 10.8. The Labute approximate surface area is 253 Å². The van der Waals surface area contributed by atoms with Crippen LogP contribution < -0.4 is 10.2 Å². The van der Waals surface area contributed by atoms with Gasteiger partial charge in [0.05, 0.1) is 23.8 Å². The first-order chi connectivity index (χ1) is 21.2. The van der Waals surface area contributed by atoms with E-state index in [1.165, 1.54) is 31.4 Å². The molecule has 1 aromatic carbocycles. The van der Waals surface area contributed by atoms with Crippen LogP contribution >= 0.6 is 0 Å². The summed E-state index contributed by atoms with van der Waals surface area (Å²) in [6.45, 7) is 3.70. The molecule has 0 radical (unpaired) electrons. The summed E-state index contributed by atoms with van der Waals surface area (Å²) in [4.78, 5) is 32.4. The lowest BCUT2D eigenvalue weighted by Gasteiger charge is -2.36. The fraction of sp³-hybridized carbons (Fsp3) is 0.469. The van der Waals surface area contributed by atoms with Crippen molar-refractivity contribution in [3.63, 3.8) is 0 Å². The second-order valence-corrected chi connectivity index (χ2v) is 11.9. The van der Waals surface area contributed by atoms with Crippen LogP contribution in [0.5, 0.6) is 0 Å². The van der Waals surface area contributed by atoms with Gasteiger partial charge < -0.3 is 19.9 Å². The van der Waals surface area contributed by atoms with Gasteiger partial charge in [-0.25, -0.2) is 14.8 Å². The molecule has 2 atom stereocenters. The highest BCUT2D eigenvalue weighted by Crippen LogP contribution is 2.38. The van der Waals surface area contributed by atoms with Crippen molar-refractivity contribution in [3.05, 3.63) is 71.3 Å². The van der Waals surface area contributed by atoms with Crippen molar-refractivity contribution in [1.29, 1.82) is 0 Å². The summed E-state index contributed by atoms with van der Waals surface area (Å²) in [7, 11) is 0. The van der Waals surface area contributed by atoms with Gasteiger partial charge in [-0.1, -0.05) is 44.4 Å². The smallest absolute Gasteiger partial charge is 0.416 e. The molecule has 2 aliphatic rings. The minimum Gasteiger partial charge on any atom is -0.475 e. The first-order valence-corrected chi connectivity index (χ1v) is 15.3. The quantitative estimate of drug-likeness (QED) is 0.199.